The molecule has 1 heterocycles. The van der Waals surface area contributed by atoms with Crippen molar-refractivity contribution in [3.63, 3.8) is 0 Å². The van der Waals surface area contributed by atoms with Crippen LogP contribution < -0.4 is 10.2 Å². The van der Waals surface area contributed by atoms with E-state index < -0.39 is 24.1 Å². The number of halogens is 2. The molecule has 0 amide bonds. The molecular weight excluding hydrogens is 342 g/mol. The van der Waals surface area contributed by atoms with E-state index in [-0.39, 0.29) is 12.5 Å². The van der Waals surface area contributed by atoms with Gasteiger partial charge in [0.25, 0.3) is 0 Å². The first-order chi connectivity index (χ1) is 9.69. The van der Waals surface area contributed by atoms with Crippen LogP contribution in [0.15, 0.2) is 16.6 Å². The van der Waals surface area contributed by atoms with E-state index in [1.165, 1.54) is 13.2 Å². The van der Waals surface area contributed by atoms with E-state index in [0.29, 0.717) is 9.94 Å². The topological polar surface area (TPSA) is 36.9 Å². The summed E-state index contributed by atoms with van der Waals surface area (Å²) in [6, 6.07) is 3.24. The van der Waals surface area contributed by atoms with Gasteiger partial charge < -0.3 is 18.8 Å². The summed E-state index contributed by atoms with van der Waals surface area (Å²) in [5, 5.41) is 0. The molecule has 21 heavy (non-hydrogen) atoms. The van der Waals surface area contributed by atoms with Crippen molar-refractivity contribution in [1.29, 1.82) is 0 Å². The summed E-state index contributed by atoms with van der Waals surface area (Å²) in [5.74, 6) is -0.412. The number of benzene rings is 1. The third-order valence-electron chi connectivity index (χ3n) is 3.91. The SMILES string of the molecule is COCOc1ccc(Br)c(B2OC(C)(C)C(C)(C)O2)c1F. The van der Waals surface area contributed by atoms with Crippen LogP contribution in [-0.4, -0.2) is 32.2 Å². The minimum atomic E-state index is -0.796. The Morgan fingerprint density at radius 3 is 2.29 bits per heavy atom. The molecule has 1 aliphatic rings. The van der Waals surface area contributed by atoms with Gasteiger partial charge in [-0.25, -0.2) is 4.39 Å². The van der Waals surface area contributed by atoms with Gasteiger partial charge in [0, 0.05) is 17.0 Å². The van der Waals surface area contributed by atoms with E-state index in [0.717, 1.165) is 0 Å². The Balaban J connectivity index is 2.36. The molecule has 0 N–H and O–H groups in total. The number of rotatable bonds is 4. The zero-order valence-electron chi connectivity index (χ0n) is 12.8. The van der Waals surface area contributed by atoms with Gasteiger partial charge in [-0.2, -0.15) is 0 Å². The van der Waals surface area contributed by atoms with Crippen molar-refractivity contribution in [3.8, 4) is 5.75 Å². The smallest absolute Gasteiger partial charge is 0.465 e. The summed E-state index contributed by atoms with van der Waals surface area (Å²) in [6.07, 6.45) is 0. The average Bonchev–Trinajstić information content (AvgIpc) is 2.57. The zero-order valence-corrected chi connectivity index (χ0v) is 14.4. The summed E-state index contributed by atoms with van der Waals surface area (Å²) in [5.41, 5.74) is -0.776. The predicted molar refractivity (Wildman–Crippen MR) is 82.3 cm³/mol. The van der Waals surface area contributed by atoms with Gasteiger partial charge in [-0.3, -0.25) is 0 Å². The first-order valence-corrected chi connectivity index (χ1v) is 7.44. The Bertz CT molecular complexity index is 520. The fraction of sp³-hybridized carbons (Fsp3) is 0.571. The number of methoxy groups -OCH3 is 1. The van der Waals surface area contributed by atoms with Crippen LogP contribution >= 0.6 is 15.9 Å². The van der Waals surface area contributed by atoms with Crippen molar-refractivity contribution >= 4 is 28.5 Å². The largest absolute Gasteiger partial charge is 0.499 e. The van der Waals surface area contributed by atoms with Crippen LogP contribution in [0.2, 0.25) is 0 Å². The minimum Gasteiger partial charge on any atom is -0.465 e. The second-order valence-electron chi connectivity index (χ2n) is 5.91. The van der Waals surface area contributed by atoms with Gasteiger partial charge in [-0.15, -0.1) is 0 Å². The lowest BCUT2D eigenvalue weighted by Crippen LogP contribution is -2.41. The monoisotopic (exact) mass is 360 g/mol. The van der Waals surface area contributed by atoms with Crippen LogP contribution in [0.3, 0.4) is 0 Å². The van der Waals surface area contributed by atoms with Crippen molar-refractivity contribution in [1.82, 2.24) is 0 Å². The molecule has 1 aromatic rings. The normalized spacial score (nSPS) is 19.9. The number of hydrogen-bond acceptors (Lipinski definition) is 4. The van der Waals surface area contributed by atoms with Crippen LogP contribution in [0, 0.1) is 5.82 Å². The van der Waals surface area contributed by atoms with Crippen LogP contribution in [0.25, 0.3) is 0 Å². The second-order valence-corrected chi connectivity index (χ2v) is 6.77. The van der Waals surface area contributed by atoms with Crippen LogP contribution in [0.5, 0.6) is 5.75 Å². The Kier molecular flexibility index (Phi) is 4.68. The molecule has 1 aromatic carbocycles. The maximum absolute atomic E-state index is 14.6. The molecule has 1 saturated heterocycles. The van der Waals surface area contributed by atoms with E-state index in [9.17, 15) is 4.39 Å². The maximum atomic E-state index is 14.6. The summed E-state index contributed by atoms with van der Waals surface area (Å²) in [4.78, 5) is 0. The third-order valence-corrected chi connectivity index (χ3v) is 4.60. The third kappa shape index (κ3) is 3.11. The minimum absolute atomic E-state index is 0.0264. The molecule has 0 aliphatic carbocycles. The van der Waals surface area contributed by atoms with E-state index in [4.69, 9.17) is 18.8 Å². The molecule has 1 aliphatic heterocycles. The van der Waals surface area contributed by atoms with Crippen molar-refractivity contribution in [2.24, 2.45) is 0 Å². The van der Waals surface area contributed by atoms with Crippen LogP contribution in [0.1, 0.15) is 27.7 Å². The van der Waals surface area contributed by atoms with Gasteiger partial charge in [0.1, 0.15) is 0 Å². The quantitative estimate of drug-likeness (QED) is 0.611. The molecule has 2 rings (SSSR count). The Morgan fingerprint density at radius 1 is 1.19 bits per heavy atom. The van der Waals surface area contributed by atoms with Gasteiger partial charge in [0.05, 0.1) is 11.2 Å². The van der Waals surface area contributed by atoms with Gasteiger partial charge in [-0.05, 0) is 39.8 Å². The van der Waals surface area contributed by atoms with Crippen LogP contribution in [-0.2, 0) is 14.0 Å². The summed E-state index contributed by atoms with van der Waals surface area (Å²) < 4.78 is 37.0. The lowest BCUT2D eigenvalue weighted by Gasteiger charge is -2.32. The Hall–Kier alpha value is -0.625. The van der Waals surface area contributed by atoms with E-state index in [1.54, 1.807) is 6.07 Å². The van der Waals surface area contributed by atoms with E-state index >= 15 is 0 Å². The highest BCUT2D eigenvalue weighted by Crippen LogP contribution is 2.37. The van der Waals surface area contributed by atoms with Crippen molar-refractivity contribution in [2.75, 3.05) is 13.9 Å². The summed E-state index contributed by atoms with van der Waals surface area (Å²) in [7, 11) is 0.682. The first kappa shape index (κ1) is 16.7. The van der Waals surface area contributed by atoms with E-state index in [2.05, 4.69) is 15.9 Å². The number of hydrogen-bond donors (Lipinski definition) is 0. The van der Waals surface area contributed by atoms with Crippen molar-refractivity contribution in [2.45, 2.75) is 38.9 Å². The Morgan fingerprint density at radius 2 is 1.76 bits per heavy atom. The molecule has 0 spiro atoms. The van der Waals surface area contributed by atoms with Crippen molar-refractivity contribution in [3.05, 3.63) is 22.4 Å². The molecule has 0 atom stereocenters. The van der Waals surface area contributed by atoms with E-state index in [1.807, 2.05) is 27.7 Å². The molecule has 4 nitrogen and oxygen atoms in total. The molecule has 0 saturated carbocycles. The molecule has 1 fully saturated rings. The zero-order chi connectivity index (χ0) is 15.8. The standard InChI is InChI=1S/C14H19BBrFO4/c1-13(2)14(3,4)21-15(20-13)11-9(16)6-7-10(12(11)17)19-8-18-5/h6-7H,8H2,1-5H3. The molecule has 0 bridgehead atoms. The van der Waals surface area contributed by atoms with Gasteiger partial charge in [-0.1, -0.05) is 15.9 Å². The summed E-state index contributed by atoms with van der Waals surface area (Å²) >= 11 is 3.35. The Labute approximate surface area is 133 Å². The van der Waals surface area contributed by atoms with Crippen molar-refractivity contribution < 1.29 is 23.2 Å². The fourth-order valence-electron chi connectivity index (χ4n) is 1.96. The highest BCUT2D eigenvalue weighted by atomic mass is 79.9. The lowest BCUT2D eigenvalue weighted by molar-refractivity contribution is 0.00578. The molecule has 7 heteroatoms. The molecule has 0 unspecified atom stereocenters. The maximum Gasteiger partial charge on any atom is 0.499 e. The molecule has 0 aromatic heterocycles. The summed E-state index contributed by atoms with van der Waals surface area (Å²) in [6.45, 7) is 7.66. The predicted octanol–water partition coefficient (Wildman–Crippen LogP) is 2.87. The van der Waals surface area contributed by atoms with Gasteiger partial charge in [0.15, 0.2) is 18.4 Å². The fourth-order valence-corrected chi connectivity index (χ4v) is 2.45. The highest BCUT2D eigenvalue weighted by Gasteiger charge is 2.53. The average molecular weight is 361 g/mol. The molecule has 116 valence electrons. The van der Waals surface area contributed by atoms with Gasteiger partial charge in [0.2, 0.25) is 0 Å². The molecular formula is C14H19BBrFO4. The first-order valence-electron chi connectivity index (χ1n) is 6.65. The molecule has 0 radical (unpaired) electrons. The lowest BCUT2D eigenvalue weighted by atomic mass is 9.78. The number of ether oxygens (including phenoxy) is 2. The van der Waals surface area contributed by atoms with Crippen LogP contribution in [0.4, 0.5) is 4.39 Å². The highest BCUT2D eigenvalue weighted by molar-refractivity contribution is 9.10. The second kappa shape index (κ2) is 5.87. The van der Waals surface area contributed by atoms with Gasteiger partial charge >= 0.3 is 7.12 Å².